The molecule has 2 heterocycles. The molecule has 0 amide bonds. The summed E-state index contributed by atoms with van der Waals surface area (Å²) in [7, 11) is -3.90. The van der Waals surface area contributed by atoms with Crippen molar-refractivity contribution < 1.29 is 30.8 Å². The van der Waals surface area contributed by atoms with Gasteiger partial charge in [-0.05, 0) is 48.0 Å². The molecule has 0 saturated heterocycles. The Morgan fingerprint density at radius 3 is 2.41 bits per heavy atom. The number of hydrogen-bond acceptors (Lipinski definition) is 7. The predicted molar refractivity (Wildman–Crippen MR) is 113 cm³/mol. The highest BCUT2D eigenvalue weighted by molar-refractivity contribution is 7.89. The van der Waals surface area contributed by atoms with Gasteiger partial charge in [-0.2, -0.15) is 4.98 Å². The van der Waals surface area contributed by atoms with E-state index in [9.17, 15) is 26.4 Å². The molecule has 176 valence electrons. The Morgan fingerprint density at radius 2 is 1.74 bits per heavy atom. The van der Waals surface area contributed by atoms with Crippen LogP contribution in [0.25, 0.3) is 22.8 Å². The van der Waals surface area contributed by atoms with Gasteiger partial charge in [0.15, 0.2) is 0 Å². The van der Waals surface area contributed by atoms with E-state index in [4.69, 9.17) is 9.66 Å². The molecule has 0 fully saturated rings. The molecule has 2 N–H and O–H groups in total. The van der Waals surface area contributed by atoms with Crippen LogP contribution >= 0.6 is 0 Å². The summed E-state index contributed by atoms with van der Waals surface area (Å²) in [5.41, 5.74) is 0.957. The third kappa shape index (κ3) is 5.50. The number of sulfonamides is 1. The highest BCUT2D eigenvalue weighted by Gasteiger charge is 2.31. The highest BCUT2D eigenvalue weighted by Crippen LogP contribution is 2.26. The average molecular weight is 492 g/mol. The van der Waals surface area contributed by atoms with E-state index in [2.05, 4.69) is 14.9 Å². The lowest BCUT2D eigenvalue weighted by atomic mass is 10.2. The standard InChI is InChI=1S/C21H15F3N4O5S/c22-21(23,24)32-16-7-4-14(5-8-16)19-26-20(33-27-19)15-6-9-18(29)28(12-15)11-13-2-1-3-17(10-13)34(25,30)31/h1-10,12H,11H2,(H2,25,30,31). The van der Waals surface area contributed by atoms with Crippen molar-refractivity contribution in [1.29, 1.82) is 0 Å². The number of rotatable bonds is 6. The van der Waals surface area contributed by atoms with Crippen molar-refractivity contribution in [2.24, 2.45) is 5.14 Å². The first-order valence-corrected chi connectivity index (χ1v) is 11.0. The topological polar surface area (TPSA) is 130 Å². The fraction of sp³-hybridized carbons (Fsp3) is 0.0952. The van der Waals surface area contributed by atoms with Gasteiger partial charge in [0, 0.05) is 17.8 Å². The fourth-order valence-corrected chi connectivity index (χ4v) is 3.65. The Hall–Kier alpha value is -3.97. The van der Waals surface area contributed by atoms with Gasteiger partial charge in [-0.1, -0.05) is 17.3 Å². The second-order valence-corrected chi connectivity index (χ2v) is 8.63. The third-order valence-corrected chi connectivity index (χ3v) is 5.49. The van der Waals surface area contributed by atoms with Crippen molar-refractivity contribution in [1.82, 2.24) is 14.7 Å². The molecule has 4 rings (SSSR count). The van der Waals surface area contributed by atoms with Gasteiger partial charge in [-0.3, -0.25) is 4.79 Å². The number of primary sulfonamides is 1. The lowest BCUT2D eigenvalue weighted by Crippen LogP contribution is -2.19. The molecule has 0 atom stereocenters. The van der Waals surface area contributed by atoms with Crippen molar-refractivity contribution in [3.05, 3.63) is 82.8 Å². The van der Waals surface area contributed by atoms with Crippen LogP contribution in [0.2, 0.25) is 0 Å². The Morgan fingerprint density at radius 1 is 1.03 bits per heavy atom. The van der Waals surface area contributed by atoms with Crippen LogP contribution in [0.4, 0.5) is 13.2 Å². The van der Waals surface area contributed by atoms with Crippen LogP contribution in [-0.2, 0) is 16.6 Å². The van der Waals surface area contributed by atoms with Gasteiger partial charge in [0.25, 0.3) is 11.4 Å². The van der Waals surface area contributed by atoms with Crippen molar-refractivity contribution in [2.75, 3.05) is 0 Å². The summed E-state index contributed by atoms with van der Waals surface area (Å²) in [6.45, 7) is 0.0533. The molecule has 2 aromatic carbocycles. The normalized spacial score (nSPS) is 12.0. The number of hydrogen-bond donors (Lipinski definition) is 1. The molecule has 2 aromatic heterocycles. The molecule has 0 saturated carbocycles. The summed E-state index contributed by atoms with van der Waals surface area (Å²) in [4.78, 5) is 16.5. The summed E-state index contributed by atoms with van der Waals surface area (Å²) in [5, 5.41) is 8.98. The zero-order chi connectivity index (χ0) is 24.5. The van der Waals surface area contributed by atoms with E-state index in [0.29, 0.717) is 16.7 Å². The van der Waals surface area contributed by atoms with E-state index < -0.39 is 22.1 Å². The van der Waals surface area contributed by atoms with Crippen molar-refractivity contribution >= 4 is 10.0 Å². The minimum Gasteiger partial charge on any atom is -0.406 e. The van der Waals surface area contributed by atoms with Crippen LogP contribution in [0.3, 0.4) is 0 Å². The molecular weight excluding hydrogens is 477 g/mol. The van der Waals surface area contributed by atoms with E-state index >= 15 is 0 Å². The van der Waals surface area contributed by atoms with E-state index in [-0.39, 0.29) is 28.7 Å². The largest absolute Gasteiger partial charge is 0.573 e. The Bertz CT molecular complexity index is 1500. The number of nitrogens with two attached hydrogens (primary N) is 1. The maximum absolute atomic E-state index is 12.3. The van der Waals surface area contributed by atoms with Gasteiger partial charge < -0.3 is 13.8 Å². The van der Waals surface area contributed by atoms with Crippen LogP contribution in [-0.4, -0.2) is 29.5 Å². The molecule has 0 unspecified atom stereocenters. The first kappa shape index (κ1) is 23.2. The molecule has 0 spiro atoms. The Kier molecular flexibility index (Phi) is 5.98. The number of pyridine rings is 1. The minimum absolute atomic E-state index is 0.0533. The molecule has 4 aromatic rings. The van der Waals surface area contributed by atoms with Gasteiger partial charge in [-0.15, -0.1) is 13.2 Å². The second kappa shape index (κ2) is 8.76. The minimum atomic E-state index is -4.80. The monoisotopic (exact) mass is 492 g/mol. The Labute approximate surface area is 190 Å². The summed E-state index contributed by atoms with van der Waals surface area (Å²) in [6, 6.07) is 13.5. The molecule has 0 aliphatic heterocycles. The Balaban J connectivity index is 1.58. The quantitative estimate of drug-likeness (QED) is 0.438. The van der Waals surface area contributed by atoms with Crippen LogP contribution in [0.5, 0.6) is 5.75 Å². The number of halogens is 3. The second-order valence-electron chi connectivity index (χ2n) is 7.07. The van der Waals surface area contributed by atoms with Crippen LogP contribution in [0.15, 0.2) is 81.1 Å². The zero-order valence-corrected chi connectivity index (χ0v) is 17.9. The van der Waals surface area contributed by atoms with Crippen molar-refractivity contribution in [3.8, 4) is 28.6 Å². The maximum Gasteiger partial charge on any atom is 0.573 e. The molecule has 0 radical (unpaired) electrons. The number of benzene rings is 2. The zero-order valence-electron chi connectivity index (χ0n) is 17.1. The van der Waals surface area contributed by atoms with E-state index in [0.717, 1.165) is 12.1 Å². The van der Waals surface area contributed by atoms with E-state index in [1.807, 2.05) is 0 Å². The van der Waals surface area contributed by atoms with Gasteiger partial charge >= 0.3 is 6.36 Å². The number of nitrogens with zero attached hydrogens (tertiary/aromatic N) is 3. The predicted octanol–water partition coefficient (Wildman–Crippen LogP) is 3.16. The molecular formula is C21H15F3N4O5S. The third-order valence-electron chi connectivity index (χ3n) is 4.58. The molecule has 0 aliphatic carbocycles. The van der Waals surface area contributed by atoms with E-state index in [1.54, 1.807) is 6.07 Å². The van der Waals surface area contributed by atoms with Crippen LogP contribution in [0, 0.1) is 0 Å². The number of alkyl halides is 3. The van der Waals surface area contributed by atoms with Gasteiger partial charge in [-0.25, -0.2) is 13.6 Å². The lowest BCUT2D eigenvalue weighted by molar-refractivity contribution is -0.274. The first-order chi connectivity index (χ1) is 16.0. The van der Waals surface area contributed by atoms with Gasteiger partial charge in [0.05, 0.1) is 17.0 Å². The summed E-state index contributed by atoms with van der Waals surface area (Å²) < 4.78 is 70.5. The van der Waals surface area contributed by atoms with Crippen molar-refractivity contribution in [2.45, 2.75) is 17.8 Å². The van der Waals surface area contributed by atoms with Crippen LogP contribution in [0.1, 0.15) is 5.56 Å². The smallest absolute Gasteiger partial charge is 0.406 e. The molecule has 34 heavy (non-hydrogen) atoms. The molecule has 0 aliphatic rings. The van der Waals surface area contributed by atoms with Gasteiger partial charge in [0.1, 0.15) is 5.75 Å². The molecule has 9 nitrogen and oxygen atoms in total. The summed E-state index contributed by atoms with van der Waals surface area (Å²) in [5.74, 6) is -0.205. The summed E-state index contributed by atoms with van der Waals surface area (Å²) in [6.07, 6.45) is -3.34. The highest BCUT2D eigenvalue weighted by atomic mass is 32.2. The maximum atomic E-state index is 12.3. The van der Waals surface area contributed by atoms with E-state index in [1.165, 1.54) is 53.2 Å². The fourth-order valence-electron chi connectivity index (χ4n) is 3.06. The van der Waals surface area contributed by atoms with Crippen molar-refractivity contribution in [3.63, 3.8) is 0 Å². The number of aromatic nitrogens is 3. The molecule has 13 heteroatoms. The van der Waals surface area contributed by atoms with Crippen LogP contribution < -0.4 is 15.4 Å². The number of ether oxygens (including phenoxy) is 1. The first-order valence-electron chi connectivity index (χ1n) is 9.50. The average Bonchev–Trinajstić information content (AvgIpc) is 3.25. The molecule has 0 bridgehead atoms. The van der Waals surface area contributed by atoms with Gasteiger partial charge in [0.2, 0.25) is 15.8 Å². The lowest BCUT2D eigenvalue weighted by Gasteiger charge is -2.08. The SMILES string of the molecule is NS(=O)(=O)c1cccc(Cn2cc(-c3nc(-c4ccc(OC(F)(F)F)cc4)no3)ccc2=O)c1. The summed E-state index contributed by atoms with van der Waals surface area (Å²) >= 11 is 0.